The van der Waals surface area contributed by atoms with Gasteiger partial charge in [-0.1, -0.05) is 60.7 Å². The van der Waals surface area contributed by atoms with Gasteiger partial charge in [-0.15, -0.1) is 0 Å². The number of benzene rings is 2. The summed E-state index contributed by atoms with van der Waals surface area (Å²) in [7, 11) is 0. The maximum Gasteiger partial charge on any atom is 0.0929 e. The van der Waals surface area contributed by atoms with Crippen LogP contribution in [0.4, 0.5) is 0 Å². The Morgan fingerprint density at radius 1 is 0.842 bits per heavy atom. The molecular weight excluding hydrogens is 232 g/mol. The fraction of sp³-hybridized carbons (Fsp3) is 0.118. The first-order chi connectivity index (χ1) is 9.38. The maximum atomic E-state index is 4.69. The van der Waals surface area contributed by atoms with Crippen LogP contribution in [0.25, 0.3) is 22.5 Å². The molecule has 19 heavy (non-hydrogen) atoms. The van der Waals surface area contributed by atoms with Crippen LogP contribution < -0.4 is 0 Å². The lowest BCUT2D eigenvalue weighted by Crippen LogP contribution is -1.98. The minimum absolute atomic E-state index is 0.872. The van der Waals surface area contributed by atoms with Gasteiger partial charge in [-0.2, -0.15) is 5.10 Å². The summed E-state index contributed by atoms with van der Waals surface area (Å²) in [5.74, 6) is 0. The lowest BCUT2D eigenvalue weighted by Gasteiger charge is -2.03. The van der Waals surface area contributed by atoms with Crippen LogP contribution in [0.15, 0.2) is 66.7 Å². The third-order valence-corrected chi connectivity index (χ3v) is 3.22. The van der Waals surface area contributed by atoms with Crippen molar-refractivity contribution in [3.05, 3.63) is 66.7 Å². The average molecular weight is 248 g/mol. The van der Waals surface area contributed by atoms with Crippen molar-refractivity contribution in [3.63, 3.8) is 0 Å². The molecule has 0 radical (unpaired) electrons. The zero-order valence-electron chi connectivity index (χ0n) is 11.0. The van der Waals surface area contributed by atoms with Gasteiger partial charge in [-0.05, 0) is 18.6 Å². The topological polar surface area (TPSA) is 17.8 Å². The molecule has 0 atom stereocenters. The molecule has 0 saturated carbocycles. The van der Waals surface area contributed by atoms with Crippen LogP contribution in [0.3, 0.4) is 0 Å². The van der Waals surface area contributed by atoms with Crippen molar-refractivity contribution < 1.29 is 0 Å². The molecule has 3 aromatic rings. The van der Waals surface area contributed by atoms with E-state index in [1.807, 2.05) is 24.3 Å². The summed E-state index contributed by atoms with van der Waals surface area (Å²) in [6.07, 6.45) is 0. The van der Waals surface area contributed by atoms with Crippen LogP contribution in [0.5, 0.6) is 0 Å². The lowest BCUT2D eigenvalue weighted by molar-refractivity contribution is 0.669. The zero-order valence-corrected chi connectivity index (χ0v) is 11.0. The van der Waals surface area contributed by atoms with E-state index >= 15 is 0 Å². The molecule has 2 heteroatoms. The lowest BCUT2D eigenvalue weighted by atomic mass is 10.1. The second-order valence-corrected chi connectivity index (χ2v) is 4.46. The highest BCUT2D eigenvalue weighted by Crippen LogP contribution is 2.25. The van der Waals surface area contributed by atoms with Gasteiger partial charge >= 0.3 is 0 Å². The van der Waals surface area contributed by atoms with Gasteiger partial charge < -0.3 is 0 Å². The number of hydrogen-bond acceptors (Lipinski definition) is 1. The first kappa shape index (κ1) is 11.7. The Kier molecular flexibility index (Phi) is 3.15. The van der Waals surface area contributed by atoms with E-state index in [4.69, 9.17) is 5.10 Å². The van der Waals surface area contributed by atoms with Crippen molar-refractivity contribution >= 4 is 0 Å². The molecular formula is C17H16N2. The Hall–Kier alpha value is -2.35. The van der Waals surface area contributed by atoms with Gasteiger partial charge in [0.05, 0.1) is 11.4 Å². The summed E-state index contributed by atoms with van der Waals surface area (Å²) in [5.41, 5.74) is 4.56. The van der Waals surface area contributed by atoms with Crippen LogP contribution in [0.2, 0.25) is 0 Å². The van der Waals surface area contributed by atoms with E-state index in [9.17, 15) is 0 Å². The average Bonchev–Trinajstić information content (AvgIpc) is 2.93. The minimum Gasteiger partial charge on any atom is -0.265 e. The second kappa shape index (κ2) is 5.11. The minimum atomic E-state index is 0.872. The van der Waals surface area contributed by atoms with Gasteiger partial charge in [-0.3, -0.25) is 4.68 Å². The molecule has 0 unspecified atom stereocenters. The van der Waals surface area contributed by atoms with E-state index in [1.54, 1.807) is 0 Å². The molecule has 3 rings (SSSR count). The predicted molar refractivity (Wildman–Crippen MR) is 78.8 cm³/mol. The van der Waals surface area contributed by atoms with Crippen molar-refractivity contribution in [2.24, 2.45) is 0 Å². The Bertz CT molecular complexity index is 654. The van der Waals surface area contributed by atoms with Crippen molar-refractivity contribution in [1.29, 1.82) is 0 Å². The van der Waals surface area contributed by atoms with Gasteiger partial charge in [0.1, 0.15) is 0 Å². The third-order valence-electron chi connectivity index (χ3n) is 3.22. The Morgan fingerprint density at radius 2 is 1.42 bits per heavy atom. The van der Waals surface area contributed by atoms with E-state index < -0.39 is 0 Å². The third kappa shape index (κ3) is 2.29. The molecule has 0 aliphatic heterocycles. The van der Waals surface area contributed by atoms with Gasteiger partial charge in [0.15, 0.2) is 0 Å². The highest BCUT2D eigenvalue weighted by molar-refractivity contribution is 5.68. The van der Waals surface area contributed by atoms with E-state index in [-0.39, 0.29) is 0 Å². The van der Waals surface area contributed by atoms with E-state index in [2.05, 4.69) is 54.1 Å². The summed E-state index contributed by atoms with van der Waals surface area (Å²) in [6.45, 7) is 2.99. The highest BCUT2D eigenvalue weighted by atomic mass is 15.3. The fourth-order valence-electron chi connectivity index (χ4n) is 2.25. The number of rotatable bonds is 3. The van der Waals surface area contributed by atoms with E-state index in [0.29, 0.717) is 0 Å². The smallest absolute Gasteiger partial charge is 0.0929 e. The first-order valence-corrected chi connectivity index (χ1v) is 6.57. The fourth-order valence-corrected chi connectivity index (χ4v) is 2.25. The largest absolute Gasteiger partial charge is 0.265 e. The van der Waals surface area contributed by atoms with Crippen LogP contribution >= 0.6 is 0 Å². The molecule has 0 saturated heterocycles. The second-order valence-electron chi connectivity index (χ2n) is 4.46. The van der Waals surface area contributed by atoms with Crippen molar-refractivity contribution in [2.75, 3.05) is 0 Å². The Balaban J connectivity index is 2.09. The van der Waals surface area contributed by atoms with Gasteiger partial charge in [0.25, 0.3) is 0 Å². The van der Waals surface area contributed by atoms with E-state index in [0.717, 1.165) is 17.8 Å². The molecule has 0 aliphatic rings. The van der Waals surface area contributed by atoms with Gasteiger partial charge in [0, 0.05) is 12.1 Å². The highest BCUT2D eigenvalue weighted by Gasteiger charge is 2.09. The molecule has 0 bridgehead atoms. The van der Waals surface area contributed by atoms with Crippen LogP contribution in [-0.2, 0) is 6.54 Å². The number of aryl methyl sites for hydroxylation is 1. The van der Waals surface area contributed by atoms with Crippen LogP contribution in [0, 0.1) is 0 Å². The summed E-state index contributed by atoms with van der Waals surface area (Å²) < 4.78 is 2.05. The standard InChI is InChI=1S/C17H16N2/c1-2-19-17(15-11-7-4-8-12-15)13-16(18-19)14-9-5-3-6-10-14/h3-13H,2H2,1H3. The summed E-state index contributed by atoms with van der Waals surface area (Å²) in [6, 6.07) is 22.9. The molecule has 0 aliphatic carbocycles. The number of nitrogens with zero attached hydrogens (tertiary/aromatic N) is 2. The SMILES string of the molecule is CCn1nc(-c2ccccc2)cc1-c1ccccc1. The van der Waals surface area contributed by atoms with Gasteiger partial charge in [-0.25, -0.2) is 0 Å². The predicted octanol–water partition coefficient (Wildman–Crippen LogP) is 4.24. The van der Waals surface area contributed by atoms with E-state index in [1.165, 1.54) is 11.3 Å². The maximum absolute atomic E-state index is 4.69. The van der Waals surface area contributed by atoms with Crippen molar-refractivity contribution in [2.45, 2.75) is 13.5 Å². The molecule has 0 N–H and O–H groups in total. The number of hydrogen-bond donors (Lipinski definition) is 0. The molecule has 0 fully saturated rings. The monoisotopic (exact) mass is 248 g/mol. The number of aromatic nitrogens is 2. The molecule has 2 aromatic carbocycles. The Morgan fingerprint density at radius 3 is 2.00 bits per heavy atom. The molecule has 2 nitrogen and oxygen atoms in total. The van der Waals surface area contributed by atoms with Crippen molar-refractivity contribution in [1.82, 2.24) is 9.78 Å². The van der Waals surface area contributed by atoms with Crippen molar-refractivity contribution in [3.8, 4) is 22.5 Å². The normalized spacial score (nSPS) is 10.6. The molecule has 1 aromatic heterocycles. The summed E-state index contributed by atoms with van der Waals surface area (Å²) in [4.78, 5) is 0. The molecule has 94 valence electrons. The molecule has 1 heterocycles. The Labute approximate surface area is 113 Å². The zero-order chi connectivity index (χ0) is 13.1. The summed E-state index contributed by atoms with van der Waals surface area (Å²) in [5, 5.41) is 4.69. The van der Waals surface area contributed by atoms with Crippen LogP contribution in [-0.4, -0.2) is 9.78 Å². The molecule has 0 spiro atoms. The van der Waals surface area contributed by atoms with Crippen LogP contribution in [0.1, 0.15) is 6.92 Å². The molecule has 0 amide bonds. The summed E-state index contributed by atoms with van der Waals surface area (Å²) >= 11 is 0. The van der Waals surface area contributed by atoms with Gasteiger partial charge in [0.2, 0.25) is 0 Å². The first-order valence-electron chi connectivity index (χ1n) is 6.57. The quantitative estimate of drug-likeness (QED) is 0.678.